The maximum atomic E-state index is 12.9. The Morgan fingerprint density at radius 3 is 2.77 bits per heavy atom. The molecular weight excluding hydrogens is 400 g/mol. The van der Waals surface area contributed by atoms with E-state index in [9.17, 15) is 4.79 Å². The monoisotopic (exact) mass is 418 g/mol. The average Bonchev–Trinajstić information content (AvgIpc) is 3.11. The largest absolute Gasteiger partial charge is 0.482 e. The molecule has 2 aliphatic rings. The molecule has 1 fully saturated rings. The fourth-order valence-electron chi connectivity index (χ4n) is 3.21. The number of likely N-dealkylation sites (tertiary alicyclic amines) is 1. The number of ether oxygens (including phenoxy) is 3. The molecule has 1 saturated heterocycles. The Morgan fingerprint density at radius 2 is 2.00 bits per heavy atom. The smallest absolute Gasteiger partial charge is 0.267 e. The Balaban J connectivity index is 1.41. The molecule has 6 nitrogen and oxygen atoms in total. The molecule has 0 radical (unpaired) electrons. The summed E-state index contributed by atoms with van der Waals surface area (Å²) in [5.41, 5.74) is 0. The van der Waals surface area contributed by atoms with Gasteiger partial charge in [-0.05, 0) is 47.1 Å². The van der Waals surface area contributed by atoms with Crippen LogP contribution in [-0.2, 0) is 4.79 Å². The van der Waals surface area contributed by atoms with Crippen LogP contribution in [0.15, 0.2) is 47.1 Å². The Bertz CT molecular complexity index is 816. The summed E-state index contributed by atoms with van der Waals surface area (Å²) < 4.78 is 18.5. The summed E-state index contributed by atoms with van der Waals surface area (Å²) in [7, 11) is 0. The maximum Gasteiger partial charge on any atom is 0.267 e. The number of benzene rings is 1. The highest BCUT2D eigenvalue weighted by Gasteiger charge is 2.39. The van der Waals surface area contributed by atoms with E-state index in [0.717, 1.165) is 10.9 Å². The molecule has 26 heavy (non-hydrogen) atoms. The van der Waals surface area contributed by atoms with Crippen LogP contribution >= 0.6 is 15.9 Å². The molecule has 3 heterocycles. The Kier molecular flexibility index (Phi) is 4.72. The van der Waals surface area contributed by atoms with E-state index >= 15 is 0 Å². The average molecular weight is 419 g/mol. The number of aromatic nitrogens is 1. The lowest BCUT2D eigenvalue weighted by Gasteiger charge is -2.33. The number of pyridine rings is 1. The first kappa shape index (κ1) is 17.1. The van der Waals surface area contributed by atoms with Crippen molar-refractivity contribution < 1.29 is 19.0 Å². The Labute approximate surface area is 160 Å². The standard InChI is InChI=1S/C19H19BrN2O4/c1-12-17(26-16-7-3-2-6-15(16)24-12)19(23)22-10-8-13(11-22)25-18-14(20)5-4-9-21-18/h2-7,9,12-13,17H,8,10-11H2,1H3. The molecule has 3 atom stereocenters. The second-order valence-corrected chi connectivity index (χ2v) is 7.27. The lowest BCUT2D eigenvalue weighted by atomic mass is 10.1. The van der Waals surface area contributed by atoms with Gasteiger partial charge in [0.1, 0.15) is 12.2 Å². The van der Waals surface area contributed by atoms with Gasteiger partial charge in [0.15, 0.2) is 11.5 Å². The van der Waals surface area contributed by atoms with Crippen LogP contribution in [-0.4, -0.2) is 47.2 Å². The topological polar surface area (TPSA) is 60.9 Å². The molecule has 0 aliphatic carbocycles. The Morgan fingerprint density at radius 1 is 1.23 bits per heavy atom. The van der Waals surface area contributed by atoms with Crippen molar-refractivity contribution in [2.24, 2.45) is 0 Å². The number of hydrogen-bond acceptors (Lipinski definition) is 5. The van der Waals surface area contributed by atoms with Crippen LogP contribution in [0.25, 0.3) is 0 Å². The number of carbonyl (C=O) groups is 1. The van der Waals surface area contributed by atoms with Crippen molar-refractivity contribution in [2.75, 3.05) is 13.1 Å². The number of amides is 1. The van der Waals surface area contributed by atoms with Crippen LogP contribution < -0.4 is 14.2 Å². The summed E-state index contributed by atoms with van der Waals surface area (Å²) >= 11 is 3.43. The van der Waals surface area contributed by atoms with Crippen molar-refractivity contribution in [3.05, 3.63) is 47.1 Å². The van der Waals surface area contributed by atoms with Crippen LogP contribution in [0.5, 0.6) is 17.4 Å². The molecule has 2 aliphatic heterocycles. The van der Waals surface area contributed by atoms with Crippen molar-refractivity contribution in [3.63, 3.8) is 0 Å². The molecule has 136 valence electrons. The van der Waals surface area contributed by atoms with E-state index in [4.69, 9.17) is 14.2 Å². The van der Waals surface area contributed by atoms with Crippen molar-refractivity contribution >= 4 is 21.8 Å². The minimum atomic E-state index is -0.648. The summed E-state index contributed by atoms with van der Waals surface area (Å²) in [4.78, 5) is 18.9. The second kappa shape index (κ2) is 7.15. The first-order valence-corrected chi connectivity index (χ1v) is 9.39. The van der Waals surface area contributed by atoms with E-state index in [1.54, 1.807) is 11.1 Å². The highest BCUT2D eigenvalue weighted by atomic mass is 79.9. The van der Waals surface area contributed by atoms with Gasteiger partial charge in [-0.3, -0.25) is 4.79 Å². The van der Waals surface area contributed by atoms with E-state index in [1.165, 1.54) is 0 Å². The van der Waals surface area contributed by atoms with Gasteiger partial charge < -0.3 is 19.1 Å². The molecule has 0 saturated carbocycles. The quantitative estimate of drug-likeness (QED) is 0.766. The lowest BCUT2D eigenvalue weighted by molar-refractivity contribution is -0.143. The molecule has 4 rings (SSSR count). The highest BCUT2D eigenvalue weighted by Crippen LogP contribution is 2.34. The number of halogens is 1. The summed E-state index contributed by atoms with van der Waals surface area (Å²) in [6.45, 7) is 2.99. The van der Waals surface area contributed by atoms with Crippen molar-refractivity contribution in [1.29, 1.82) is 0 Å². The van der Waals surface area contributed by atoms with Crippen molar-refractivity contribution in [1.82, 2.24) is 9.88 Å². The maximum absolute atomic E-state index is 12.9. The molecule has 0 bridgehead atoms. The number of carbonyl (C=O) groups excluding carboxylic acids is 1. The number of fused-ring (bicyclic) bond motifs is 1. The van der Waals surface area contributed by atoms with Crippen LogP contribution in [0.1, 0.15) is 13.3 Å². The fourth-order valence-corrected chi connectivity index (χ4v) is 3.56. The third-order valence-corrected chi connectivity index (χ3v) is 5.15. The second-order valence-electron chi connectivity index (χ2n) is 6.41. The summed E-state index contributed by atoms with van der Waals surface area (Å²) in [5, 5.41) is 0. The number of nitrogens with zero attached hydrogens (tertiary/aromatic N) is 2. The van der Waals surface area contributed by atoms with Gasteiger partial charge in [0, 0.05) is 19.2 Å². The summed E-state index contributed by atoms with van der Waals surface area (Å²) in [5.74, 6) is 1.75. The van der Waals surface area contributed by atoms with E-state index in [0.29, 0.717) is 30.5 Å². The predicted molar refractivity (Wildman–Crippen MR) is 98.5 cm³/mol. The first-order valence-electron chi connectivity index (χ1n) is 8.60. The third kappa shape index (κ3) is 3.35. The van der Waals surface area contributed by atoms with Crippen LogP contribution in [0.4, 0.5) is 0 Å². The van der Waals surface area contributed by atoms with Gasteiger partial charge in [0.2, 0.25) is 12.0 Å². The molecule has 1 aromatic heterocycles. The van der Waals surface area contributed by atoms with Gasteiger partial charge >= 0.3 is 0 Å². The minimum Gasteiger partial charge on any atom is -0.482 e. The third-order valence-electron chi connectivity index (χ3n) is 4.55. The van der Waals surface area contributed by atoms with Gasteiger partial charge in [0.25, 0.3) is 5.91 Å². The van der Waals surface area contributed by atoms with Gasteiger partial charge in [-0.2, -0.15) is 0 Å². The van der Waals surface area contributed by atoms with Crippen molar-refractivity contribution in [2.45, 2.75) is 31.7 Å². The van der Waals surface area contributed by atoms with Crippen molar-refractivity contribution in [3.8, 4) is 17.4 Å². The molecular formula is C19H19BrN2O4. The lowest BCUT2D eigenvalue weighted by Crippen LogP contribution is -2.50. The zero-order valence-corrected chi connectivity index (χ0v) is 15.9. The van der Waals surface area contributed by atoms with Gasteiger partial charge in [-0.1, -0.05) is 12.1 Å². The molecule has 2 aromatic rings. The summed E-state index contributed by atoms with van der Waals surface area (Å²) in [6, 6.07) is 11.1. The molecule has 7 heteroatoms. The van der Waals surface area contributed by atoms with Crippen LogP contribution in [0.2, 0.25) is 0 Å². The number of para-hydroxylation sites is 2. The molecule has 0 spiro atoms. The molecule has 1 aromatic carbocycles. The predicted octanol–water partition coefficient (Wildman–Crippen LogP) is 3.05. The van der Waals surface area contributed by atoms with Crippen LogP contribution in [0.3, 0.4) is 0 Å². The SMILES string of the molecule is CC1Oc2ccccc2OC1C(=O)N1CCC(Oc2ncccc2Br)C1. The normalized spacial score (nSPS) is 24.4. The molecule has 3 unspecified atom stereocenters. The van der Waals surface area contributed by atoms with E-state index < -0.39 is 6.10 Å². The molecule has 0 N–H and O–H groups in total. The number of hydrogen-bond donors (Lipinski definition) is 0. The zero-order valence-electron chi connectivity index (χ0n) is 14.3. The van der Waals surface area contributed by atoms with E-state index in [1.807, 2.05) is 43.3 Å². The molecule has 1 amide bonds. The van der Waals surface area contributed by atoms with Gasteiger partial charge in [0.05, 0.1) is 11.0 Å². The van der Waals surface area contributed by atoms with Gasteiger partial charge in [-0.25, -0.2) is 4.98 Å². The zero-order chi connectivity index (χ0) is 18.1. The Hall–Kier alpha value is -2.28. The van der Waals surface area contributed by atoms with Gasteiger partial charge in [-0.15, -0.1) is 0 Å². The minimum absolute atomic E-state index is 0.0711. The van der Waals surface area contributed by atoms with E-state index in [2.05, 4.69) is 20.9 Å². The highest BCUT2D eigenvalue weighted by molar-refractivity contribution is 9.10. The summed E-state index contributed by atoms with van der Waals surface area (Å²) in [6.07, 6.45) is 1.36. The number of rotatable bonds is 3. The fraction of sp³-hybridized carbons (Fsp3) is 0.368. The van der Waals surface area contributed by atoms with E-state index in [-0.39, 0.29) is 18.1 Å². The van der Waals surface area contributed by atoms with Crippen LogP contribution in [0, 0.1) is 0 Å². The first-order chi connectivity index (χ1) is 12.6.